The molecule has 2 aromatic carbocycles. The molecule has 3 aliphatic heterocycles. The lowest BCUT2D eigenvalue weighted by molar-refractivity contribution is 0.0568. The van der Waals surface area contributed by atoms with Gasteiger partial charge >= 0.3 is 0 Å². The predicted octanol–water partition coefficient (Wildman–Crippen LogP) is 7.09. The second kappa shape index (κ2) is 17.2. The maximum absolute atomic E-state index is 13.1. The number of likely N-dealkylation sites (tertiary alicyclic amines) is 1. The molecule has 2 amide bonds. The first-order chi connectivity index (χ1) is 26.1. The number of hydrogen-bond acceptors (Lipinski definition) is 5. The van der Waals surface area contributed by atoms with Gasteiger partial charge in [-0.15, -0.1) is 0 Å². The number of piperazine rings is 2. The molecule has 0 unspecified atom stereocenters. The lowest BCUT2D eigenvalue weighted by Gasteiger charge is -2.38. The first-order valence-electron chi connectivity index (χ1n) is 21.0. The van der Waals surface area contributed by atoms with Gasteiger partial charge in [0.1, 0.15) is 0 Å². The first kappa shape index (κ1) is 36.3. The highest BCUT2D eigenvalue weighted by Gasteiger charge is 2.30. The van der Waals surface area contributed by atoms with Gasteiger partial charge in [0.15, 0.2) is 0 Å². The third-order valence-electron chi connectivity index (χ3n) is 13.1. The fraction of sp³-hybridized carbons (Fsp3) is 0.591. The van der Waals surface area contributed by atoms with Crippen LogP contribution in [0.25, 0.3) is 21.8 Å². The Hall–Kier alpha value is -3.66. The number of carbonyl (C=O) groups excluding carboxylic acids is 2. The van der Waals surface area contributed by atoms with Crippen molar-refractivity contribution in [2.24, 2.45) is 0 Å². The number of benzene rings is 2. The number of aromatic amines is 1. The Morgan fingerprint density at radius 3 is 1.68 bits per heavy atom. The first-order valence-corrected chi connectivity index (χ1v) is 21.0. The summed E-state index contributed by atoms with van der Waals surface area (Å²) in [6.07, 6.45) is 20.4. The van der Waals surface area contributed by atoms with E-state index in [2.05, 4.69) is 53.5 Å². The average Bonchev–Trinajstić information content (AvgIpc) is 4.05. The zero-order valence-corrected chi connectivity index (χ0v) is 31.9. The van der Waals surface area contributed by atoms with Crippen LogP contribution in [-0.2, 0) is 6.54 Å². The van der Waals surface area contributed by atoms with Gasteiger partial charge in [-0.3, -0.25) is 19.4 Å². The third kappa shape index (κ3) is 8.68. The monoisotopic (exact) mass is 719 g/mol. The van der Waals surface area contributed by atoms with Crippen molar-refractivity contribution in [3.05, 3.63) is 72.1 Å². The third-order valence-corrected chi connectivity index (χ3v) is 13.1. The summed E-state index contributed by atoms with van der Waals surface area (Å²) in [7, 11) is 0. The Morgan fingerprint density at radius 1 is 0.547 bits per heavy atom. The summed E-state index contributed by atoms with van der Waals surface area (Å²) in [5.74, 6) is 0.375. The van der Waals surface area contributed by atoms with Crippen LogP contribution in [0.15, 0.2) is 60.9 Å². The van der Waals surface area contributed by atoms with Gasteiger partial charge < -0.3 is 24.3 Å². The second-order valence-electron chi connectivity index (χ2n) is 16.4. The molecule has 2 aliphatic carbocycles. The molecule has 5 heterocycles. The van der Waals surface area contributed by atoms with Gasteiger partial charge in [-0.05, 0) is 100 Å². The minimum Gasteiger partial charge on any atom is -0.361 e. The molecule has 0 spiro atoms. The summed E-state index contributed by atoms with van der Waals surface area (Å²) in [4.78, 5) is 40.9. The largest absolute Gasteiger partial charge is 0.361 e. The number of nitrogens with zero attached hydrogens (tertiary/aromatic N) is 6. The lowest BCUT2D eigenvalue weighted by Crippen LogP contribution is -2.51. The molecule has 4 aromatic rings. The van der Waals surface area contributed by atoms with Gasteiger partial charge in [0, 0.05) is 123 Å². The van der Waals surface area contributed by atoms with Gasteiger partial charge in [-0.1, -0.05) is 38.5 Å². The summed E-state index contributed by atoms with van der Waals surface area (Å²) in [5.41, 5.74) is 3.98. The van der Waals surface area contributed by atoms with Crippen LogP contribution in [0, 0.1) is 0 Å². The van der Waals surface area contributed by atoms with E-state index < -0.39 is 0 Å². The molecule has 3 saturated heterocycles. The summed E-state index contributed by atoms with van der Waals surface area (Å²) < 4.78 is 2.36. The van der Waals surface area contributed by atoms with Crippen LogP contribution < -0.4 is 0 Å². The fourth-order valence-electron chi connectivity index (χ4n) is 9.81. The van der Waals surface area contributed by atoms with Gasteiger partial charge in [-0.2, -0.15) is 0 Å². The Morgan fingerprint density at radius 2 is 1.09 bits per heavy atom. The molecule has 284 valence electrons. The molecule has 9 rings (SSSR count). The van der Waals surface area contributed by atoms with E-state index in [1.165, 1.54) is 101 Å². The SMILES string of the molecule is O=C(c1ccc2[nH]ccc2c1)N1CCN(C2CCCC2)CC1.O=C(c1ccc2c(ccn2CCN2CCCCCC2)c1)N1CCN(C2CCCC2)CC1. The number of rotatable bonds is 7. The van der Waals surface area contributed by atoms with Crippen molar-refractivity contribution in [3.63, 3.8) is 0 Å². The van der Waals surface area contributed by atoms with E-state index in [1.54, 1.807) is 0 Å². The number of aromatic nitrogens is 2. The van der Waals surface area contributed by atoms with Crippen LogP contribution in [0.1, 0.15) is 97.8 Å². The zero-order valence-electron chi connectivity index (χ0n) is 31.9. The van der Waals surface area contributed by atoms with Crippen molar-refractivity contribution in [3.8, 4) is 0 Å². The van der Waals surface area contributed by atoms with E-state index in [1.807, 2.05) is 41.4 Å². The van der Waals surface area contributed by atoms with Crippen molar-refractivity contribution in [2.45, 2.75) is 95.7 Å². The molecule has 0 bridgehead atoms. The van der Waals surface area contributed by atoms with Gasteiger partial charge in [0.2, 0.25) is 0 Å². The number of carbonyl (C=O) groups is 2. The maximum Gasteiger partial charge on any atom is 0.253 e. The Bertz CT molecular complexity index is 1790. The molecular weight excluding hydrogens is 659 g/mol. The van der Waals surface area contributed by atoms with E-state index in [4.69, 9.17) is 0 Å². The number of hydrogen-bond donors (Lipinski definition) is 1. The second-order valence-corrected chi connectivity index (χ2v) is 16.4. The van der Waals surface area contributed by atoms with Crippen LogP contribution in [0.2, 0.25) is 0 Å². The molecule has 5 fully saturated rings. The van der Waals surface area contributed by atoms with Gasteiger partial charge in [0.25, 0.3) is 11.8 Å². The lowest BCUT2D eigenvalue weighted by atomic mass is 10.1. The van der Waals surface area contributed by atoms with Crippen LogP contribution in [0.3, 0.4) is 0 Å². The van der Waals surface area contributed by atoms with Gasteiger partial charge in [0.05, 0.1) is 0 Å². The molecule has 9 heteroatoms. The molecule has 2 aromatic heterocycles. The molecule has 53 heavy (non-hydrogen) atoms. The highest BCUT2D eigenvalue weighted by molar-refractivity contribution is 5.99. The van der Waals surface area contributed by atoms with Crippen LogP contribution >= 0.6 is 0 Å². The Labute approximate surface area is 316 Å². The molecule has 0 atom stereocenters. The number of H-pyrrole nitrogens is 1. The molecule has 5 aliphatic rings. The zero-order chi connectivity index (χ0) is 36.0. The van der Waals surface area contributed by atoms with Crippen molar-refractivity contribution in [1.29, 1.82) is 0 Å². The van der Waals surface area contributed by atoms with Gasteiger partial charge in [-0.25, -0.2) is 0 Å². The number of amides is 2. The number of fused-ring (bicyclic) bond motifs is 2. The van der Waals surface area contributed by atoms with Crippen LogP contribution in [0.4, 0.5) is 0 Å². The minimum atomic E-state index is 0.175. The normalized spacial score (nSPS) is 21.7. The summed E-state index contributed by atoms with van der Waals surface area (Å²) in [6, 6.07) is 18.0. The van der Waals surface area contributed by atoms with Crippen LogP contribution in [-0.4, -0.2) is 130 Å². The van der Waals surface area contributed by atoms with Crippen molar-refractivity contribution >= 4 is 33.6 Å². The Kier molecular flexibility index (Phi) is 11.8. The quantitative estimate of drug-likeness (QED) is 0.221. The van der Waals surface area contributed by atoms with E-state index in [0.29, 0.717) is 0 Å². The predicted molar refractivity (Wildman–Crippen MR) is 215 cm³/mol. The van der Waals surface area contributed by atoms with E-state index >= 15 is 0 Å². The maximum atomic E-state index is 13.1. The highest BCUT2D eigenvalue weighted by atomic mass is 16.2. The van der Waals surface area contributed by atoms with Crippen molar-refractivity contribution in [2.75, 3.05) is 72.0 Å². The average molecular weight is 720 g/mol. The summed E-state index contributed by atoms with van der Waals surface area (Å²) in [5, 5.41) is 2.29. The van der Waals surface area contributed by atoms with E-state index in [9.17, 15) is 9.59 Å². The summed E-state index contributed by atoms with van der Waals surface area (Å²) >= 11 is 0. The van der Waals surface area contributed by atoms with Crippen LogP contribution in [0.5, 0.6) is 0 Å². The highest BCUT2D eigenvalue weighted by Crippen LogP contribution is 2.27. The standard InChI is InChI=1S/C26H38N4O.C18H23N3O/c31-26(30-19-17-28(18-20-30)24-7-3-4-8-24)23-9-10-25-22(21-23)11-14-29(25)16-15-27-12-5-1-2-6-13-27;22-18(15-5-6-17-14(13-15)7-8-19-17)21-11-9-20(10-12-21)16-3-1-2-4-16/h9-11,14,21,24H,1-8,12-13,15-20H2;5-8,13,16,19H,1-4,9-12H2. The van der Waals surface area contributed by atoms with E-state index in [-0.39, 0.29) is 11.8 Å². The molecule has 2 saturated carbocycles. The molecule has 1 N–H and O–H groups in total. The summed E-state index contributed by atoms with van der Waals surface area (Å²) in [6.45, 7) is 12.2. The van der Waals surface area contributed by atoms with E-state index in [0.717, 1.165) is 99.6 Å². The van der Waals surface area contributed by atoms with Crippen molar-refractivity contribution < 1.29 is 9.59 Å². The molecule has 0 radical (unpaired) electrons. The molecule has 9 nitrogen and oxygen atoms in total. The topological polar surface area (TPSA) is 71.1 Å². The fourth-order valence-corrected chi connectivity index (χ4v) is 9.81. The number of nitrogens with one attached hydrogen (secondary N) is 1. The molecular formula is C44H61N7O2. The smallest absolute Gasteiger partial charge is 0.253 e. The minimum absolute atomic E-state index is 0.175. The van der Waals surface area contributed by atoms with Crippen molar-refractivity contribution in [1.82, 2.24) is 34.1 Å². The Balaban J connectivity index is 0.000000160.